The summed E-state index contributed by atoms with van der Waals surface area (Å²) >= 11 is 7.41. The van der Waals surface area contributed by atoms with Crippen LogP contribution in [0.25, 0.3) is 0 Å². The Morgan fingerprint density at radius 2 is 1.14 bits per heavy atom. The lowest BCUT2D eigenvalue weighted by Crippen LogP contribution is -2.40. The summed E-state index contributed by atoms with van der Waals surface area (Å²) in [6.07, 6.45) is 0. The quantitative estimate of drug-likeness (QED) is 0.531. The first-order valence-corrected chi connectivity index (χ1v) is 4.97. The predicted molar refractivity (Wildman–Crippen MR) is 34.7 cm³/mol. The Hall–Kier alpha value is 0.330. The minimum absolute atomic E-state index is 1.37. The monoisotopic (exact) mass is 294 g/mol. The zero-order valence-corrected chi connectivity index (χ0v) is 7.92. The summed E-state index contributed by atoms with van der Waals surface area (Å²) in [5, 5.41) is -11.0. The van der Waals surface area contributed by atoms with Crippen LogP contribution in [0.5, 0.6) is 0 Å². The lowest BCUT2D eigenvalue weighted by Gasteiger charge is -2.42. The highest BCUT2D eigenvalue weighted by molar-refractivity contribution is 8.42. The van der Waals surface area contributed by atoms with Gasteiger partial charge in [0.2, 0.25) is 0 Å². The number of halogens is 10. The lowest BCUT2D eigenvalue weighted by molar-refractivity contribution is -0.149. The molecule has 0 rings (SSSR count). The van der Waals surface area contributed by atoms with Gasteiger partial charge in [-0.15, -0.1) is 0 Å². The summed E-state index contributed by atoms with van der Waals surface area (Å²) in [7, 11) is -10.9. The summed E-state index contributed by atoms with van der Waals surface area (Å²) in [5.41, 5.74) is 0. The molecule has 0 bridgehead atoms. The van der Waals surface area contributed by atoms with E-state index in [-0.39, 0.29) is 0 Å². The van der Waals surface area contributed by atoms with Crippen LogP contribution in [0.2, 0.25) is 0 Å². The second kappa shape index (κ2) is 2.53. The van der Waals surface area contributed by atoms with E-state index in [1.54, 1.807) is 0 Å². The Bertz CT molecular complexity index is 236. The van der Waals surface area contributed by atoms with E-state index in [0.29, 0.717) is 0 Å². The molecule has 0 fully saturated rings. The van der Waals surface area contributed by atoms with Gasteiger partial charge in [0, 0.05) is 0 Å². The van der Waals surface area contributed by atoms with Gasteiger partial charge in [-0.2, -0.15) is 17.4 Å². The molecule has 0 aromatic carbocycles. The Labute approximate surface area is 81.8 Å². The van der Waals surface area contributed by atoms with E-state index in [9.17, 15) is 32.6 Å². The van der Waals surface area contributed by atoms with Crippen LogP contribution in [-0.4, -0.2) is 10.7 Å². The Morgan fingerprint density at radius 3 is 1.21 bits per heavy atom. The molecule has 0 aromatic heterocycles. The summed E-state index contributed by atoms with van der Waals surface area (Å²) in [6.45, 7) is 0. The van der Waals surface area contributed by atoms with Crippen molar-refractivity contribution in [2.24, 2.45) is 0 Å². The number of hydrogen-bond acceptors (Lipinski definition) is 1. The third-order valence-corrected chi connectivity index (χ3v) is 1.88. The van der Waals surface area contributed by atoms with Crippen LogP contribution in [-0.2, 0) is 4.18 Å². The standard InChI is InChI=1S/C2Cl2F8OS/c3-1(5,6)2(4,7)13-14(8,9,10,11)12. The van der Waals surface area contributed by atoms with Gasteiger partial charge >= 0.3 is 21.2 Å². The van der Waals surface area contributed by atoms with Gasteiger partial charge in [-0.3, -0.25) is 0 Å². The van der Waals surface area contributed by atoms with E-state index in [0.717, 1.165) is 0 Å². The zero-order chi connectivity index (χ0) is 12.1. The Balaban J connectivity index is 5.08. The first kappa shape index (κ1) is 14.3. The van der Waals surface area contributed by atoms with E-state index in [1.165, 1.54) is 4.18 Å². The molecule has 0 aliphatic carbocycles. The predicted octanol–water partition coefficient (Wildman–Crippen LogP) is 4.91. The Kier molecular flexibility index (Phi) is 2.58. The number of hydrogen-bond donors (Lipinski definition) is 0. The second-order valence-corrected chi connectivity index (χ2v) is 4.92. The van der Waals surface area contributed by atoms with Crippen molar-refractivity contribution in [2.75, 3.05) is 0 Å². The number of rotatable bonds is 3. The van der Waals surface area contributed by atoms with E-state index in [1.807, 2.05) is 0 Å². The van der Waals surface area contributed by atoms with Crippen LogP contribution in [0.4, 0.5) is 32.6 Å². The molecule has 0 heterocycles. The van der Waals surface area contributed by atoms with Gasteiger partial charge in [-0.1, -0.05) is 19.4 Å². The minimum Gasteiger partial charge on any atom is -0.183 e. The van der Waals surface area contributed by atoms with Crippen LogP contribution in [0, 0.1) is 0 Å². The summed E-state index contributed by atoms with van der Waals surface area (Å²) in [6, 6.07) is 0. The zero-order valence-electron chi connectivity index (χ0n) is 5.60. The Morgan fingerprint density at radius 1 is 0.857 bits per heavy atom. The molecule has 0 radical (unpaired) electrons. The smallest absolute Gasteiger partial charge is 0.183 e. The maximum atomic E-state index is 12.1. The highest BCUT2D eigenvalue weighted by Gasteiger charge is 2.75. The highest BCUT2D eigenvalue weighted by Crippen LogP contribution is 2.99. The summed E-state index contributed by atoms with van der Waals surface area (Å²) in [5.74, 6) is 0. The lowest BCUT2D eigenvalue weighted by atomic mass is 10.7. The molecule has 1 nitrogen and oxygen atoms in total. The molecule has 0 aliphatic heterocycles. The van der Waals surface area contributed by atoms with Gasteiger partial charge in [0.05, 0.1) is 0 Å². The van der Waals surface area contributed by atoms with Crippen LogP contribution in [0.3, 0.4) is 0 Å². The molecule has 0 amide bonds. The van der Waals surface area contributed by atoms with Gasteiger partial charge in [0.25, 0.3) is 0 Å². The normalized spacial score (nSPS) is 23.6. The molecule has 90 valence electrons. The first-order valence-electron chi connectivity index (χ1n) is 2.34. The maximum absolute atomic E-state index is 12.1. The third kappa shape index (κ3) is 5.27. The van der Waals surface area contributed by atoms with Gasteiger partial charge < -0.3 is 0 Å². The highest BCUT2D eigenvalue weighted by atomic mass is 35.5. The van der Waals surface area contributed by atoms with Crippen LogP contribution >= 0.6 is 33.7 Å². The molecular formula is C2Cl2F8OS. The maximum Gasteiger partial charge on any atom is 0.401 e. The molecule has 1 unspecified atom stereocenters. The largest absolute Gasteiger partial charge is 0.401 e. The van der Waals surface area contributed by atoms with Gasteiger partial charge in [0.1, 0.15) is 0 Å². The van der Waals surface area contributed by atoms with Crippen LogP contribution < -0.4 is 0 Å². The molecule has 0 spiro atoms. The van der Waals surface area contributed by atoms with E-state index in [2.05, 4.69) is 23.2 Å². The van der Waals surface area contributed by atoms with Crippen molar-refractivity contribution in [3.63, 3.8) is 0 Å². The van der Waals surface area contributed by atoms with Crippen molar-refractivity contribution in [3.05, 3.63) is 0 Å². The van der Waals surface area contributed by atoms with E-state index in [4.69, 9.17) is 0 Å². The van der Waals surface area contributed by atoms with Crippen molar-refractivity contribution < 1.29 is 36.8 Å². The fraction of sp³-hybridized carbons (Fsp3) is 1.00. The van der Waals surface area contributed by atoms with Crippen molar-refractivity contribution in [2.45, 2.75) is 10.7 Å². The van der Waals surface area contributed by atoms with Crippen molar-refractivity contribution >= 4 is 33.7 Å². The first-order chi connectivity index (χ1) is 5.43. The second-order valence-electron chi connectivity index (χ2n) is 2.00. The van der Waals surface area contributed by atoms with Crippen molar-refractivity contribution in [3.8, 4) is 0 Å². The average molecular weight is 295 g/mol. The average Bonchev–Trinajstić information content (AvgIpc) is 1.46. The SMILES string of the molecule is FC(F)(Cl)C(F)(Cl)OS(F)(F)(F)(F)F. The fourth-order valence-corrected chi connectivity index (χ4v) is 1.19. The molecule has 12 heteroatoms. The molecular weight excluding hydrogens is 295 g/mol. The van der Waals surface area contributed by atoms with Gasteiger partial charge in [0.15, 0.2) is 0 Å². The third-order valence-electron chi connectivity index (χ3n) is 0.592. The van der Waals surface area contributed by atoms with E-state index >= 15 is 0 Å². The molecule has 0 saturated heterocycles. The summed E-state index contributed by atoms with van der Waals surface area (Å²) < 4.78 is 93.3. The molecule has 0 N–H and O–H groups in total. The molecule has 1 atom stereocenters. The number of alkyl halides is 5. The van der Waals surface area contributed by atoms with Gasteiger partial charge in [-0.25, -0.2) is 0 Å². The fourth-order valence-electron chi connectivity index (χ4n) is 0.245. The van der Waals surface area contributed by atoms with Gasteiger partial charge in [-0.05, 0) is 23.2 Å². The molecule has 0 aliphatic rings. The van der Waals surface area contributed by atoms with Crippen LogP contribution in [0.1, 0.15) is 0 Å². The topological polar surface area (TPSA) is 9.23 Å². The van der Waals surface area contributed by atoms with Crippen molar-refractivity contribution in [1.82, 2.24) is 0 Å². The molecule has 0 saturated carbocycles. The minimum atomic E-state index is -10.9. The van der Waals surface area contributed by atoms with Crippen molar-refractivity contribution in [1.29, 1.82) is 0 Å². The molecule has 14 heavy (non-hydrogen) atoms. The molecule has 0 aromatic rings. The van der Waals surface area contributed by atoms with E-state index < -0.39 is 21.2 Å². The summed E-state index contributed by atoms with van der Waals surface area (Å²) in [4.78, 5) is 0. The van der Waals surface area contributed by atoms with Crippen LogP contribution in [0.15, 0.2) is 0 Å².